The van der Waals surface area contributed by atoms with Gasteiger partial charge in [0, 0.05) is 16.0 Å². The summed E-state index contributed by atoms with van der Waals surface area (Å²) in [5, 5.41) is 16.1. The van der Waals surface area contributed by atoms with Gasteiger partial charge in [-0.25, -0.2) is 8.78 Å². The van der Waals surface area contributed by atoms with E-state index in [0.717, 1.165) is 18.2 Å². The van der Waals surface area contributed by atoms with E-state index in [2.05, 4.69) is 10.1 Å². The van der Waals surface area contributed by atoms with Gasteiger partial charge >= 0.3 is 12.1 Å². The highest BCUT2D eigenvalue weighted by Crippen LogP contribution is 2.36. The van der Waals surface area contributed by atoms with Crippen LogP contribution in [0, 0.1) is 10.1 Å². The number of rotatable bonds is 5. The van der Waals surface area contributed by atoms with Crippen molar-refractivity contribution in [2.75, 3.05) is 5.75 Å². The first-order valence-corrected chi connectivity index (χ1v) is 6.85. The van der Waals surface area contributed by atoms with Crippen molar-refractivity contribution in [2.24, 2.45) is 0 Å². The largest absolute Gasteiger partial charge is 0.453 e. The molecule has 0 aliphatic carbocycles. The Morgan fingerprint density at radius 2 is 2.04 bits per heavy atom. The summed E-state index contributed by atoms with van der Waals surface area (Å²) in [6, 6.07) is 3.15. The second-order valence-corrected chi connectivity index (χ2v) is 5.21. The Hall–Kier alpha value is -2.24. The van der Waals surface area contributed by atoms with Gasteiger partial charge in [0.25, 0.3) is 12.2 Å². The lowest BCUT2D eigenvalue weighted by atomic mass is 10.1. The summed E-state index contributed by atoms with van der Waals surface area (Å²) in [5.41, 5.74) is -0.476. The Balaban J connectivity index is 2.36. The van der Waals surface area contributed by atoms with Gasteiger partial charge in [-0.2, -0.15) is 13.2 Å². The Morgan fingerprint density at radius 3 is 2.57 bits per heavy atom. The Kier molecular flexibility index (Phi) is 4.82. The number of hydrogen-bond donors (Lipinski definition) is 1. The van der Waals surface area contributed by atoms with E-state index in [9.17, 15) is 32.1 Å². The fourth-order valence-corrected chi connectivity index (χ4v) is 2.46. The van der Waals surface area contributed by atoms with Gasteiger partial charge in [0.2, 0.25) is 0 Å². The fraction of sp³-hybridized carbons (Fsp3) is 0.273. The van der Waals surface area contributed by atoms with E-state index < -0.39 is 34.8 Å². The number of H-pyrrole nitrogens is 1. The third-order valence-corrected chi connectivity index (χ3v) is 3.68. The van der Waals surface area contributed by atoms with Crippen LogP contribution in [-0.2, 0) is 0 Å². The summed E-state index contributed by atoms with van der Waals surface area (Å²) in [6.07, 6.45) is -7.48. The molecule has 0 atom stereocenters. The van der Waals surface area contributed by atoms with Crippen molar-refractivity contribution in [1.29, 1.82) is 0 Å². The molecule has 23 heavy (non-hydrogen) atoms. The number of nitro groups is 1. The average molecular weight is 354 g/mol. The molecular formula is C11H7F5N4O2S. The van der Waals surface area contributed by atoms with Gasteiger partial charge in [0.05, 0.1) is 5.75 Å². The van der Waals surface area contributed by atoms with E-state index in [1.807, 2.05) is 5.10 Å². The maximum atomic E-state index is 12.9. The molecule has 6 nitrogen and oxygen atoms in total. The van der Waals surface area contributed by atoms with Crippen molar-refractivity contribution >= 4 is 17.7 Å². The van der Waals surface area contributed by atoms with Crippen LogP contribution in [0.3, 0.4) is 0 Å². The molecule has 0 aliphatic rings. The summed E-state index contributed by atoms with van der Waals surface area (Å²) < 4.78 is 62.6. The number of halogens is 5. The normalized spacial score (nSPS) is 11.9. The number of nitrogens with one attached hydrogen (secondary N) is 1. The third kappa shape index (κ3) is 4.37. The molecule has 1 N–H and O–H groups in total. The van der Waals surface area contributed by atoms with Crippen LogP contribution in [0.5, 0.6) is 0 Å². The molecule has 124 valence electrons. The van der Waals surface area contributed by atoms with E-state index in [1.165, 1.54) is 0 Å². The molecule has 1 aromatic carbocycles. The van der Waals surface area contributed by atoms with Gasteiger partial charge in [-0.15, -0.1) is 16.9 Å². The van der Waals surface area contributed by atoms with Crippen molar-refractivity contribution in [3.63, 3.8) is 0 Å². The molecule has 12 heteroatoms. The maximum Gasteiger partial charge on any atom is 0.453 e. The second kappa shape index (κ2) is 6.48. The van der Waals surface area contributed by atoms with E-state index in [-0.39, 0.29) is 28.0 Å². The zero-order valence-corrected chi connectivity index (χ0v) is 11.8. The lowest BCUT2D eigenvalue weighted by Gasteiger charge is -2.11. The zero-order valence-electron chi connectivity index (χ0n) is 11.0. The minimum atomic E-state index is -4.52. The molecule has 2 aromatic rings. The molecule has 0 radical (unpaired) electrons. The molecule has 1 aromatic heterocycles. The third-order valence-electron chi connectivity index (χ3n) is 2.54. The minimum Gasteiger partial charge on any atom is -0.390 e. The standard InChI is InChI=1S/C11H7F5N4O2S/c12-8(13)6-2-1-5(3-7(6)23-4-11(14,15)16)9-17-10(19-18-9)20(21)22/h1-3,8H,4H2,(H,17,18,19). The molecule has 0 saturated carbocycles. The van der Waals surface area contributed by atoms with Gasteiger partial charge < -0.3 is 10.1 Å². The fourth-order valence-electron chi connectivity index (χ4n) is 1.60. The first-order valence-electron chi connectivity index (χ1n) is 5.86. The van der Waals surface area contributed by atoms with Crippen LogP contribution in [0.4, 0.5) is 27.9 Å². The number of benzene rings is 1. The predicted octanol–water partition coefficient (Wildman–Crippen LogP) is 3.97. The van der Waals surface area contributed by atoms with Crippen LogP contribution in [0.1, 0.15) is 12.0 Å². The van der Waals surface area contributed by atoms with Gasteiger partial charge in [0.1, 0.15) is 0 Å². The van der Waals surface area contributed by atoms with Crippen molar-refractivity contribution < 1.29 is 26.9 Å². The van der Waals surface area contributed by atoms with Gasteiger partial charge in [-0.3, -0.25) is 0 Å². The highest BCUT2D eigenvalue weighted by Gasteiger charge is 2.29. The summed E-state index contributed by atoms with van der Waals surface area (Å²) in [7, 11) is 0. The summed E-state index contributed by atoms with van der Waals surface area (Å²) >= 11 is 0.200. The van der Waals surface area contributed by atoms with Crippen molar-refractivity contribution in [1.82, 2.24) is 15.2 Å². The van der Waals surface area contributed by atoms with Crippen molar-refractivity contribution in [3.05, 3.63) is 33.9 Å². The van der Waals surface area contributed by atoms with Gasteiger partial charge in [-0.1, -0.05) is 11.2 Å². The lowest BCUT2D eigenvalue weighted by molar-refractivity contribution is -0.394. The van der Waals surface area contributed by atoms with Crippen LogP contribution >= 0.6 is 11.8 Å². The molecule has 0 unspecified atom stereocenters. The molecule has 0 bridgehead atoms. The topological polar surface area (TPSA) is 84.7 Å². The lowest BCUT2D eigenvalue weighted by Crippen LogP contribution is -2.10. The van der Waals surface area contributed by atoms with E-state index >= 15 is 0 Å². The number of hydrogen-bond acceptors (Lipinski definition) is 5. The summed E-state index contributed by atoms with van der Waals surface area (Å²) in [4.78, 5) is 12.9. The highest BCUT2D eigenvalue weighted by atomic mass is 32.2. The van der Waals surface area contributed by atoms with Gasteiger partial charge in [-0.05, 0) is 22.0 Å². The van der Waals surface area contributed by atoms with E-state index in [4.69, 9.17) is 0 Å². The van der Waals surface area contributed by atoms with Crippen molar-refractivity contribution in [3.8, 4) is 11.4 Å². The summed E-state index contributed by atoms with van der Waals surface area (Å²) in [6.45, 7) is 0. The van der Waals surface area contributed by atoms with Crippen LogP contribution in [0.15, 0.2) is 23.1 Å². The number of aromatic amines is 1. The molecule has 0 spiro atoms. The highest BCUT2D eigenvalue weighted by molar-refractivity contribution is 7.99. The van der Waals surface area contributed by atoms with Crippen LogP contribution in [0.2, 0.25) is 0 Å². The number of alkyl halides is 5. The summed E-state index contributed by atoms with van der Waals surface area (Å²) in [5.74, 6) is -2.18. The first kappa shape index (κ1) is 17.1. The number of thioether (sulfide) groups is 1. The van der Waals surface area contributed by atoms with Crippen LogP contribution < -0.4 is 0 Å². The van der Waals surface area contributed by atoms with Crippen molar-refractivity contribution in [2.45, 2.75) is 17.5 Å². The molecule has 0 aliphatic heterocycles. The molecule has 0 amide bonds. The first-order chi connectivity index (χ1) is 10.7. The Morgan fingerprint density at radius 1 is 1.35 bits per heavy atom. The molecular weight excluding hydrogens is 347 g/mol. The van der Waals surface area contributed by atoms with Gasteiger partial charge in [0.15, 0.2) is 0 Å². The van der Waals surface area contributed by atoms with Crippen LogP contribution in [0.25, 0.3) is 11.4 Å². The number of aromatic nitrogens is 3. The Bertz CT molecular complexity index is 719. The SMILES string of the molecule is O=[N+]([O-])c1nc(-c2ccc(C(F)F)c(SCC(F)(F)F)c2)n[nH]1. The molecule has 2 rings (SSSR count). The minimum absolute atomic E-state index is 0.0865. The zero-order chi connectivity index (χ0) is 17.2. The second-order valence-electron chi connectivity index (χ2n) is 4.20. The smallest absolute Gasteiger partial charge is 0.390 e. The molecule has 0 fully saturated rings. The predicted molar refractivity (Wildman–Crippen MR) is 70.2 cm³/mol. The Labute approximate surface area is 129 Å². The quantitative estimate of drug-likeness (QED) is 0.380. The maximum absolute atomic E-state index is 12.9. The van der Waals surface area contributed by atoms with E-state index in [1.54, 1.807) is 0 Å². The molecule has 1 heterocycles. The van der Waals surface area contributed by atoms with E-state index in [0.29, 0.717) is 0 Å². The molecule has 0 saturated heterocycles. The monoisotopic (exact) mass is 354 g/mol. The number of nitrogens with zero attached hydrogens (tertiary/aromatic N) is 3. The average Bonchev–Trinajstić information content (AvgIpc) is 2.94. The van der Waals surface area contributed by atoms with Crippen LogP contribution in [-0.4, -0.2) is 32.0 Å².